The largest absolute Gasteiger partial charge is 0.478 e. The van der Waals surface area contributed by atoms with Crippen LogP contribution in [-0.2, 0) is 12.7 Å². The molecule has 1 atom stereocenters. The van der Waals surface area contributed by atoms with Crippen LogP contribution in [0.25, 0.3) is 0 Å². The summed E-state index contributed by atoms with van der Waals surface area (Å²) in [6.07, 6.45) is 0.352. The molecule has 4 nitrogen and oxygen atoms in total. The Kier molecular flexibility index (Phi) is 5.55. The van der Waals surface area contributed by atoms with Gasteiger partial charge in [0.05, 0.1) is 22.7 Å². The summed E-state index contributed by atoms with van der Waals surface area (Å²) in [7, 11) is 0. The van der Waals surface area contributed by atoms with Crippen molar-refractivity contribution in [3.05, 3.63) is 83.9 Å². The average Bonchev–Trinajstić information content (AvgIpc) is 3.14. The molecule has 0 bridgehead atoms. The van der Waals surface area contributed by atoms with E-state index in [0.29, 0.717) is 11.4 Å². The van der Waals surface area contributed by atoms with Crippen molar-refractivity contribution >= 4 is 17.7 Å². The summed E-state index contributed by atoms with van der Waals surface area (Å²) in [6, 6.07) is 11.6. The van der Waals surface area contributed by atoms with Crippen LogP contribution >= 0.6 is 11.8 Å². The summed E-state index contributed by atoms with van der Waals surface area (Å²) >= 11 is 1.25. The van der Waals surface area contributed by atoms with Crippen LogP contribution in [0.2, 0.25) is 0 Å². The smallest absolute Gasteiger partial charge is 0.416 e. The SMILES string of the molecule is O=C(O)c1ccc(SC(Cn2ccnc2)c2ccccc2C(F)(F)F)cc1. The van der Waals surface area contributed by atoms with E-state index in [4.69, 9.17) is 5.11 Å². The molecule has 0 saturated carbocycles. The summed E-state index contributed by atoms with van der Waals surface area (Å²) in [4.78, 5) is 15.6. The lowest BCUT2D eigenvalue weighted by atomic mass is 10.0. The highest BCUT2D eigenvalue weighted by Gasteiger charge is 2.35. The number of rotatable bonds is 6. The summed E-state index contributed by atoms with van der Waals surface area (Å²) in [6.45, 7) is 0.290. The molecule has 0 aliphatic rings. The Morgan fingerprint density at radius 1 is 1.15 bits per heavy atom. The van der Waals surface area contributed by atoms with Gasteiger partial charge in [-0.25, -0.2) is 9.78 Å². The Morgan fingerprint density at radius 3 is 2.44 bits per heavy atom. The maximum absolute atomic E-state index is 13.5. The van der Waals surface area contributed by atoms with E-state index in [1.165, 1.54) is 36.0 Å². The first kappa shape index (κ1) is 19.0. The number of alkyl halides is 3. The molecule has 0 fully saturated rings. The van der Waals surface area contributed by atoms with Crippen LogP contribution in [0.3, 0.4) is 0 Å². The van der Waals surface area contributed by atoms with Gasteiger partial charge < -0.3 is 9.67 Å². The fourth-order valence-corrected chi connectivity index (χ4v) is 3.86. The minimum Gasteiger partial charge on any atom is -0.478 e. The molecule has 1 aromatic heterocycles. The van der Waals surface area contributed by atoms with Gasteiger partial charge in [0.2, 0.25) is 0 Å². The molecular weight excluding hydrogens is 377 g/mol. The highest BCUT2D eigenvalue weighted by Crippen LogP contribution is 2.42. The highest BCUT2D eigenvalue weighted by molar-refractivity contribution is 7.99. The van der Waals surface area contributed by atoms with Gasteiger partial charge in [0, 0.05) is 23.8 Å². The van der Waals surface area contributed by atoms with Gasteiger partial charge in [-0.1, -0.05) is 18.2 Å². The van der Waals surface area contributed by atoms with Crippen molar-refractivity contribution in [1.29, 1.82) is 0 Å². The van der Waals surface area contributed by atoms with Crippen molar-refractivity contribution in [1.82, 2.24) is 9.55 Å². The molecule has 0 aliphatic carbocycles. The third-order valence-electron chi connectivity index (χ3n) is 3.93. The van der Waals surface area contributed by atoms with E-state index < -0.39 is 23.0 Å². The van der Waals surface area contributed by atoms with Crippen LogP contribution in [0.15, 0.2) is 72.1 Å². The maximum atomic E-state index is 13.5. The maximum Gasteiger partial charge on any atom is 0.416 e. The lowest BCUT2D eigenvalue weighted by Crippen LogP contribution is -2.13. The third-order valence-corrected chi connectivity index (χ3v) is 5.16. The Labute approximate surface area is 157 Å². The molecule has 0 radical (unpaired) electrons. The quantitative estimate of drug-likeness (QED) is 0.591. The number of benzene rings is 2. The number of aromatic carboxylic acids is 1. The van der Waals surface area contributed by atoms with Crippen molar-refractivity contribution < 1.29 is 23.1 Å². The Bertz CT molecular complexity index is 909. The number of halogens is 3. The van der Waals surface area contributed by atoms with E-state index >= 15 is 0 Å². The fraction of sp³-hybridized carbons (Fsp3) is 0.158. The zero-order valence-corrected chi connectivity index (χ0v) is 14.7. The van der Waals surface area contributed by atoms with Crippen molar-refractivity contribution in [2.75, 3.05) is 0 Å². The molecule has 27 heavy (non-hydrogen) atoms. The molecule has 3 rings (SSSR count). The van der Waals surface area contributed by atoms with Gasteiger partial charge in [-0.15, -0.1) is 11.8 Å². The predicted molar refractivity (Wildman–Crippen MR) is 95.7 cm³/mol. The van der Waals surface area contributed by atoms with Crippen molar-refractivity contribution in [2.45, 2.75) is 22.9 Å². The standard InChI is InChI=1S/C19H15F3N2O2S/c20-19(21,22)16-4-2-1-3-15(16)17(11-24-10-9-23-12-24)27-14-7-5-13(6-8-14)18(25)26/h1-10,12,17H,11H2,(H,25,26). The molecule has 0 amide bonds. The normalized spacial score (nSPS) is 12.7. The van der Waals surface area contributed by atoms with Crippen LogP contribution in [0.4, 0.5) is 13.2 Å². The minimum atomic E-state index is -4.46. The van der Waals surface area contributed by atoms with Gasteiger partial charge in [-0.05, 0) is 35.9 Å². The Balaban J connectivity index is 1.96. The highest BCUT2D eigenvalue weighted by atomic mass is 32.2. The van der Waals surface area contributed by atoms with Crippen LogP contribution in [-0.4, -0.2) is 20.6 Å². The van der Waals surface area contributed by atoms with Gasteiger partial charge in [-0.3, -0.25) is 0 Å². The van der Waals surface area contributed by atoms with Crippen LogP contribution in [0, 0.1) is 0 Å². The molecule has 1 heterocycles. The Morgan fingerprint density at radius 2 is 1.85 bits per heavy atom. The van der Waals surface area contributed by atoms with Crippen molar-refractivity contribution in [3.8, 4) is 0 Å². The van der Waals surface area contributed by atoms with Crippen LogP contribution in [0.5, 0.6) is 0 Å². The lowest BCUT2D eigenvalue weighted by molar-refractivity contribution is -0.138. The van der Waals surface area contributed by atoms with Crippen molar-refractivity contribution in [2.24, 2.45) is 0 Å². The first-order chi connectivity index (χ1) is 12.8. The summed E-state index contributed by atoms with van der Waals surface area (Å²) in [5.41, 5.74) is -0.378. The molecule has 1 N–H and O–H groups in total. The number of nitrogens with zero attached hydrogens (tertiary/aromatic N) is 2. The monoisotopic (exact) mass is 392 g/mol. The van der Waals surface area contributed by atoms with E-state index in [1.807, 2.05) is 0 Å². The molecule has 0 spiro atoms. The minimum absolute atomic E-state index is 0.126. The summed E-state index contributed by atoms with van der Waals surface area (Å²) in [5.74, 6) is -1.05. The summed E-state index contributed by atoms with van der Waals surface area (Å²) < 4.78 is 42.1. The lowest BCUT2D eigenvalue weighted by Gasteiger charge is -2.22. The molecule has 0 aliphatic heterocycles. The molecular formula is C19H15F3N2O2S. The predicted octanol–water partition coefficient (Wildman–Crippen LogP) is 5.13. The van der Waals surface area contributed by atoms with Crippen LogP contribution < -0.4 is 0 Å². The van der Waals surface area contributed by atoms with E-state index in [2.05, 4.69) is 4.98 Å². The second-order valence-corrected chi connectivity index (χ2v) is 7.06. The first-order valence-electron chi connectivity index (χ1n) is 7.96. The fourth-order valence-electron chi connectivity index (χ4n) is 2.66. The molecule has 1 unspecified atom stereocenters. The number of hydrogen-bond acceptors (Lipinski definition) is 3. The topological polar surface area (TPSA) is 55.1 Å². The van der Waals surface area contributed by atoms with Gasteiger partial charge in [-0.2, -0.15) is 13.2 Å². The van der Waals surface area contributed by atoms with Crippen molar-refractivity contribution in [3.63, 3.8) is 0 Å². The summed E-state index contributed by atoms with van der Waals surface area (Å²) in [5, 5.41) is 8.46. The van der Waals surface area contributed by atoms with Gasteiger partial charge >= 0.3 is 12.1 Å². The second-order valence-electron chi connectivity index (χ2n) is 5.78. The number of carboxylic acids is 1. The molecule has 140 valence electrons. The van der Waals surface area contributed by atoms with E-state index in [9.17, 15) is 18.0 Å². The molecule has 8 heteroatoms. The first-order valence-corrected chi connectivity index (χ1v) is 8.84. The van der Waals surface area contributed by atoms with Gasteiger partial charge in [0.1, 0.15) is 0 Å². The third kappa shape index (κ3) is 4.71. The van der Waals surface area contributed by atoms with Gasteiger partial charge in [0.25, 0.3) is 0 Å². The zero-order valence-electron chi connectivity index (χ0n) is 13.9. The second kappa shape index (κ2) is 7.87. The van der Waals surface area contributed by atoms with E-state index in [1.54, 1.807) is 41.5 Å². The number of thioether (sulfide) groups is 1. The zero-order chi connectivity index (χ0) is 19.4. The van der Waals surface area contributed by atoms with Crippen LogP contribution in [0.1, 0.15) is 26.7 Å². The number of imidazole rings is 1. The molecule has 3 aromatic rings. The molecule has 0 saturated heterocycles. The van der Waals surface area contributed by atoms with Gasteiger partial charge in [0.15, 0.2) is 0 Å². The average molecular weight is 392 g/mol. The number of hydrogen-bond donors (Lipinski definition) is 1. The number of carbonyl (C=O) groups is 1. The number of carboxylic acid groups (broad SMARTS) is 1. The van der Waals surface area contributed by atoms with E-state index in [0.717, 1.165) is 6.07 Å². The molecule has 2 aromatic carbocycles. The van der Waals surface area contributed by atoms with E-state index in [-0.39, 0.29) is 11.1 Å². The number of aromatic nitrogens is 2. The Hall–Kier alpha value is -2.74.